The molecule has 0 aliphatic rings. The van der Waals surface area contributed by atoms with Crippen LogP contribution in [0.3, 0.4) is 0 Å². The van der Waals surface area contributed by atoms with Gasteiger partial charge in [0.05, 0.1) is 0 Å². The fourth-order valence-electron chi connectivity index (χ4n) is 0.674. The SMILES string of the molecule is CCSc1n[nH]c(NC(=O)C(F)(F)F)n1. The van der Waals surface area contributed by atoms with Crippen molar-refractivity contribution in [1.82, 2.24) is 15.2 Å². The van der Waals surface area contributed by atoms with Crippen LogP contribution in [0.4, 0.5) is 19.1 Å². The van der Waals surface area contributed by atoms with Gasteiger partial charge >= 0.3 is 12.1 Å². The van der Waals surface area contributed by atoms with Gasteiger partial charge in [0.15, 0.2) is 0 Å². The van der Waals surface area contributed by atoms with Gasteiger partial charge in [0.1, 0.15) is 0 Å². The van der Waals surface area contributed by atoms with Gasteiger partial charge in [-0.1, -0.05) is 18.7 Å². The molecular weight excluding hydrogens is 233 g/mol. The largest absolute Gasteiger partial charge is 0.471 e. The molecule has 0 radical (unpaired) electrons. The van der Waals surface area contributed by atoms with Crippen molar-refractivity contribution >= 4 is 23.6 Å². The van der Waals surface area contributed by atoms with E-state index in [9.17, 15) is 18.0 Å². The molecule has 2 N–H and O–H groups in total. The predicted octanol–water partition coefficient (Wildman–Crippen LogP) is 1.42. The van der Waals surface area contributed by atoms with Crippen molar-refractivity contribution in [2.75, 3.05) is 11.1 Å². The lowest BCUT2D eigenvalue weighted by Crippen LogP contribution is -2.30. The Bertz CT molecular complexity index is 350. The van der Waals surface area contributed by atoms with Crippen molar-refractivity contribution in [2.24, 2.45) is 0 Å². The quantitative estimate of drug-likeness (QED) is 0.784. The highest BCUT2D eigenvalue weighted by molar-refractivity contribution is 7.99. The van der Waals surface area contributed by atoms with Crippen LogP contribution in [0.2, 0.25) is 0 Å². The summed E-state index contributed by atoms with van der Waals surface area (Å²) < 4.78 is 35.4. The van der Waals surface area contributed by atoms with Gasteiger partial charge < -0.3 is 0 Å². The Hall–Kier alpha value is -1.25. The second-order valence-corrected chi connectivity index (χ2v) is 3.58. The van der Waals surface area contributed by atoms with Crippen molar-refractivity contribution < 1.29 is 18.0 Å². The summed E-state index contributed by atoms with van der Waals surface area (Å²) >= 11 is 1.24. The monoisotopic (exact) mass is 240 g/mol. The highest BCUT2D eigenvalue weighted by atomic mass is 32.2. The van der Waals surface area contributed by atoms with E-state index >= 15 is 0 Å². The van der Waals surface area contributed by atoms with Crippen molar-refractivity contribution in [2.45, 2.75) is 18.3 Å². The molecule has 0 saturated heterocycles. The van der Waals surface area contributed by atoms with Gasteiger partial charge in [-0.2, -0.15) is 18.2 Å². The van der Waals surface area contributed by atoms with Crippen molar-refractivity contribution in [3.05, 3.63) is 0 Å². The molecule has 0 saturated carbocycles. The maximum Gasteiger partial charge on any atom is 0.471 e. The first-order valence-electron chi connectivity index (χ1n) is 3.87. The molecule has 0 aromatic carbocycles. The number of hydrogen-bond acceptors (Lipinski definition) is 4. The number of carbonyl (C=O) groups is 1. The number of aromatic nitrogens is 3. The number of hydrogen-bond donors (Lipinski definition) is 2. The first-order valence-corrected chi connectivity index (χ1v) is 4.85. The molecule has 0 aliphatic heterocycles. The van der Waals surface area contributed by atoms with E-state index < -0.39 is 12.1 Å². The van der Waals surface area contributed by atoms with Crippen molar-refractivity contribution in [3.8, 4) is 0 Å². The second kappa shape index (κ2) is 4.51. The molecule has 0 bridgehead atoms. The van der Waals surface area contributed by atoms with Crippen LogP contribution >= 0.6 is 11.8 Å². The van der Waals surface area contributed by atoms with E-state index in [0.29, 0.717) is 5.75 Å². The lowest BCUT2D eigenvalue weighted by atomic mass is 10.6. The van der Waals surface area contributed by atoms with Gasteiger partial charge in [0, 0.05) is 0 Å². The maximum atomic E-state index is 11.8. The molecule has 1 aromatic rings. The summed E-state index contributed by atoms with van der Waals surface area (Å²) in [6.45, 7) is 1.84. The summed E-state index contributed by atoms with van der Waals surface area (Å²) in [6, 6.07) is 0. The first-order chi connectivity index (χ1) is 6.93. The molecule has 0 spiro atoms. The normalized spacial score (nSPS) is 11.5. The maximum absolute atomic E-state index is 11.8. The molecule has 1 amide bonds. The number of nitrogens with zero attached hydrogens (tertiary/aromatic N) is 2. The summed E-state index contributed by atoms with van der Waals surface area (Å²) in [6.07, 6.45) is -4.93. The number of H-pyrrole nitrogens is 1. The van der Waals surface area contributed by atoms with E-state index in [1.807, 2.05) is 6.92 Å². The van der Waals surface area contributed by atoms with Gasteiger partial charge in [0.25, 0.3) is 0 Å². The average Bonchev–Trinajstić information content (AvgIpc) is 2.51. The fraction of sp³-hybridized carbons (Fsp3) is 0.500. The molecule has 0 unspecified atom stereocenters. The van der Waals surface area contributed by atoms with Gasteiger partial charge in [-0.3, -0.25) is 10.1 Å². The molecule has 15 heavy (non-hydrogen) atoms. The van der Waals surface area contributed by atoms with E-state index in [1.54, 1.807) is 5.32 Å². The summed E-state index contributed by atoms with van der Waals surface area (Å²) in [5, 5.41) is 7.61. The van der Waals surface area contributed by atoms with Crippen LogP contribution in [0.15, 0.2) is 5.16 Å². The van der Waals surface area contributed by atoms with Crippen LogP contribution in [0.1, 0.15) is 6.92 Å². The number of carbonyl (C=O) groups excluding carboxylic acids is 1. The average molecular weight is 240 g/mol. The molecule has 1 heterocycles. The Morgan fingerprint density at radius 2 is 2.27 bits per heavy atom. The van der Waals surface area contributed by atoms with Crippen LogP contribution in [-0.2, 0) is 4.79 Å². The third-order valence-electron chi connectivity index (χ3n) is 1.23. The van der Waals surface area contributed by atoms with E-state index in [1.165, 1.54) is 11.8 Å². The Labute approximate surface area is 86.8 Å². The summed E-state index contributed by atoms with van der Waals surface area (Å²) in [5.74, 6) is -1.70. The lowest BCUT2D eigenvalue weighted by Gasteiger charge is -2.03. The van der Waals surface area contributed by atoms with Crippen molar-refractivity contribution in [1.29, 1.82) is 0 Å². The minimum absolute atomic E-state index is 0.287. The Morgan fingerprint density at radius 1 is 1.60 bits per heavy atom. The van der Waals surface area contributed by atoms with E-state index in [2.05, 4.69) is 15.2 Å². The number of amides is 1. The highest BCUT2D eigenvalue weighted by Crippen LogP contribution is 2.18. The van der Waals surface area contributed by atoms with Gasteiger partial charge in [-0.15, -0.1) is 5.10 Å². The van der Waals surface area contributed by atoms with Crippen LogP contribution in [0.5, 0.6) is 0 Å². The van der Waals surface area contributed by atoms with Gasteiger partial charge in [-0.05, 0) is 5.75 Å². The number of rotatable bonds is 3. The fourth-order valence-corrected chi connectivity index (χ4v) is 1.20. The Kier molecular flexibility index (Phi) is 3.56. The molecule has 84 valence electrons. The van der Waals surface area contributed by atoms with E-state index in [4.69, 9.17) is 0 Å². The topological polar surface area (TPSA) is 70.7 Å². The summed E-state index contributed by atoms with van der Waals surface area (Å²) in [4.78, 5) is 14.1. The number of thioether (sulfide) groups is 1. The summed E-state index contributed by atoms with van der Waals surface area (Å²) in [7, 11) is 0. The Morgan fingerprint density at radius 3 is 2.80 bits per heavy atom. The minimum atomic E-state index is -4.93. The Balaban J connectivity index is 2.61. The van der Waals surface area contributed by atoms with Gasteiger partial charge in [0.2, 0.25) is 11.1 Å². The van der Waals surface area contributed by atoms with E-state index in [-0.39, 0.29) is 11.1 Å². The zero-order valence-corrected chi connectivity index (χ0v) is 8.37. The molecule has 1 rings (SSSR count). The minimum Gasteiger partial charge on any atom is -0.287 e. The third-order valence-corrected chi connectivity index (χ3v) is 1.96. The smallest absolute Gasteiger partial charge is 0.287 e. The lowest BCUT2D eigenvalue weighted by molar-refractivity contribution is -0.167. The zero-order chi connectivity index (χ0) is 11.5. The molecule has 5 nitrogen and oxygen atoms in total. The predicted molar refractivity (Wildman–Crippen MR) is 47.5 cm³/mol. The molecule has 0 atom stereocenters. The molecule has 9 heteroatoms. The number of aromatic amines is 1. The van der Waals surface area contributed by atoms with Crippen LogP contribution < -0.4 is 5.32 Å². The molecular formula is C6H7F3N4OS. The van der Waals surface area contributed by atoms with Crippen LogP contribution in [0, 0.1) is 0 Å². The molecule has 0 fully saturated rings. The van der Waals surface area contributed by atoms with Crippen molar-refractivity contribution in [3.63, 3.8) is 0 Å². The third kappa shape index (κ3) is 3.42. The zero-order valence-electron chi connectivity index (χ0n) is 7.55. The number of nitrogens with one attached hydrogen (secondary N) is 2. The number of anilines is 1. The van der Waals surface area contributed by atoms with Crippen LogP contribution in [0.25, 0.3) is 0 Å². The van der Waals surface area contributed by atoms with E-state index in [0.717, 1.165) is 0 Å². The number of halogens is 3. The highest BCUT2D eigenvalue weighted by Gasteiger charge is 2.39. The summed E-state index contributed by atoms with van der Waals surface area (Å²) in [5.41, 5.74) is 0. The van der Waals surface area contributed by atoms with Gasteiger partial charge in [-0.25, -0.2) is 5.10 Å². The molecule has 0 aliphatic carbocycles. The molecule has 1 aromatic heterocycles. The second-order valence-electron chi connectivity index (χ2n) is 2.35. The standard InChI is InChI=1S/C6H7F3N4OS/c1-2-15-5-11-4(12-13-5)10-3(14)6(7,8)9/h2H2,1H3,(H2,10,11,12,13,14). The first kappa shape index (κ1) is 11.8. The number of alkyl halides is 3. The van der Waals surface area contributed by atoms with Crippen LogP contribution in [-0.4, -0.2) is 33.0 Å².